The smallest absolute Gasteiger partial charge is 0.342 e. The van der Waals surface area contributed by atoms with Crippen LogP contribution in [0.5, 0.6) is 23.0 Å². The van der Waals surface area contributed by atoms with Gasteiger partial charge in [-0.15, -0.1) is 0 Å². The van der Waals surface area contributed by atoms with Gasteiger partial charge in [0.2, 0.25) is 6.79 Å². The van der Waals surface area contributed by atoms with Gasteiger partial charge in [0, 0.05) is 23.1 Å². The van der Waals surface area contributed by atoms with Crippen LogP contribution >= 0.6 is 11.7 Å². The Balaban J connectivity index is 0.000000294. The maximum atomic E-state index is 13.2. The molecule has 3 heterocycles. The van der Waals surface area contributed by atoms with Gasteiger partial charge < -0.3 is 28.8 Å². The molecule has 11 heteroatoms. The van der Waals surface area contributed by atoms with E-state index in [0.717, 1.165) is 29.3 Å². The lowest BCUT2D eigenvalue weighted by Crippen LogP contribution is -2.29. The van der Waals surface area contributed by atoms with Crippen LogP contribution < -0.4 is 18.9 Å². The molecule has 1 N–H and O–H groups in total. The first-order chi connectivity index (χ1) is 21.4. The van der Waals surface area contributed by atoms with Gasteiger partial charge in [0.05, 0.1) is 31.5 Å². The summed E-state index contributed by atoms with van der Waals surface area (Å²) >= 11 is 1.08. The Kier molecular flexibility index (Phi) is 7.97. The molecule has 0 bridgehead atoms. The molecule has 10 nitrogen and oxygen atoms in total. The number of hydrogen-bond acceptors (Lipinski definition) is 11. The van der Waals surface area contributed by atoms with Crippen LogP contribution in [0.3, 0.4) is 0 Å². The van der Waals surface area contributed by atoms with E-state index in [1.807, 2.05) is 24.3 Å². The summed E-state index contributed by atoms with van der Waals surface area (Å²) in [5.74, 6) is 0.0212. The Morgan fingerprint density at radius 2 is 1.55 bits per heavy atom. The van der Waals surface area contributed by atoms with E-state index in [1.54, 1.807) is 74.9 Å². The lowest BCUT2D eigenvalue weighted by atomic mass is 9.88. The van der Waals surface area contributed by atoms with E-state index in [-0.39, 0.29) is 18.8 Å². The Morgan fingerprint density at radius 1 is 0.864 bits per heavy atom. The third-order valence-corrected chi connectivity index (χ3v) is 7.81. The Hall–Kier alpha value is -5.26. The SMILES string of the molecule is COc1ccc(C=O)cc1.COc1ccc(CC2=C(c3ccc4c(c3)OCO4)C(=O)OC2(O)c2ccc3nsnc3c2)cc1. The molecule has 44 heavy (non-hydrogen) atoms. The van der Waals surface area contributed by atoms with Gasteiger partial charge in [0.1, 0.15) is 28.8 Å². The number of hydrogen-bond donors (Lipinski definition) is 1. The Labute approximate surface area is 256 Å². The highest BCUT2D eigenvalue weighted by Gasteiger charge is 2.48. The molecule has 1 atom stereocenters. The first kappa shape index (κ1) is 28.8. The number of esters is 1. The molecule has 5 aromatic rings. The van der Waals surface area contributed by atoms with E-state index in [9.17, 15) is 14.7 Å². The van der Waals surface area contributed by atoms with Crippen molar-refractivity contribution in [1.29, 1.82) is 0 Å². The number of aliphatic hydroxyl groups is 1. The summed E-state index contributed by atoms with van der Waals surface area (Å²) in [7, 11) is 3.19. The van der Waals surface area contributed by atoms with Gasteiger partial charge in [-0.1, -0.05) is 18.2 Å². The first-order valence-corrected chi connectivity index (χ1v) is 14.2. The van der Waals surface area contributed by atoms with Crippen molar-refractivity contribution in [3.05, 3.63) is 113 Å². The van der Waals surface area contributed by atoms with Crippen molar-refractivity contribution in [1.82, 2.24) is 8.75 Å². The predicted octanol–water partition coefficient (Wildman–Crippen LogP) is 5.33. The normalized spacial score (nSPS) is 16.8. The summed E-state index contributed by atoms with van der Waals surface area (Å²) in [4.78, 5) is 23.4. The van der Waals surface area contributed by atoms with Gasteiger partial charge in [-0.2, -0.15) is 8.75 Å². The predicted molar refractivity (Wildman–Crippen MR) is 162 cm³/mol. The zero-order valence-electron chi connectivity index (χ0n) is 23.7. The number of aldehydes is 1. The molecule has 0 saturated carbocycles. The number of benzene rings is 4. The topological polar surface area (TPSA) is 126 Å². The zero-order chi connectivity index (χ0) is 30.7. The average Bonchev–Trinajstić information content (AvgIpc) is 3.79. The van der Waals surface area contributed by atoms with Crippen LogP contribution in [-0.4, -0.2) is 47.1 Å². The summed E-state index contributed by atoms with van der Waals surface area (Å²) in [5.41, 5.74) is 4.55. The molecule has 222 valence electrons. The third kappa shape index (κ3) is 5.58. The van der Waals surface area contributed by atoms with Crippen LogP contribution in [0.2, 0.25) is 0 Å². The summed E-state index contributed by atoms with van der Waals surface area (Å²) in [6.07, 6.45) is 1.07. The van der Waals surface area contributed by atoms with Crippen LogP contribution in [-0.2, 0) is 21.7 Å². The second-order valence-corrected chi connectivity index (χ2v) is 10.4. The van der Waals surface area contributed by atoms with Crippen molar-refractivity contribution in [3.63, 3.8) is 0 Å². The minimum Gasteiger partial charge on any atom is -0.497 e. The molecule has 0 fully saturated rings. The number of carbonyl (C=O) groups is 2. The molecule has 0 amide bonds. The maximum Gasteiger partial charge on any atom is 0.342 e. The van der Waals surface area contributed by atoms with Crippen molar-refractivity contribution >= 4 is 40.6 Å². The van der Waals surface area contributed by atoms with E-state index in [1.165, 1.54) is 0 Å². The van der Waals surface area contributed by atoms with Crippen LogP contribution in [0.4, 0.5) is 0 Å². The molecule has 1 aromatic heterocycles. The maximum absolute atomic E-state index is 13.2. The van der Waals surface area contributed by atoms with Crippen LogP contribution in [0.25, 0.3) is 16.6 Å². The largest absolute Gasteiger partial charge is 0.497 e. The minimum atomic E-state index is -1.97. The van der Waals surface area contributed by atoms with Crippen molar-refractivity contribution in [2.45, 2.75) is 12.2 Å². The molecule has 7 rings (SSSR count). The third-order valence-electron chi connectivity index (χ3n) is 7.25. The number of nitrogens with zero attached hydrogens (tertiary/aromatic N) is 2. The summed E-state index contributed by atoms with van der Waals surface area (Å²) in [5, 5.41) is 11.9. The van der Waals surface area contributed by atoms with Gasteiger partial charge in [-0.05, 0) is 77.9 Å². The number of methoxy groups -OCH3 is 2. The molecular weight excluding hydrogens is 584 g/mol. The monoisotopic (exact) mass is 610 g/mol. The summed E-state index contributed by atoms with van der Waals surface area (Å²) in [6, 6.07) is 24.8. The lowest BCUT2D eigenvalue weighted by Gasteiger charge is -2.25. The van der Waals surface area contributed by atoms with E-state index < -0.39 is 11.8 Å². The van der Waals surface area contributed by atoms with E-state index in [2.05, 4.69) is 8.75 Å². The first-order valence-electron chi connectivity index (χ1n) is 13.5. The summed E-state index contributed by atoms with van der Waals surface area (Å²) in [6.45, 7) is 0.118. The number of fused-ring (bicyclic) bond motifs is 2. The second kappa shape index (κ2) is 12.2. The van der Waals surface area contributed by atoms with Crippen LogP contribution in [0.15, 0.2) is 90.5 Å². The van der Waals surface area contributed by atoms with Crippen molar-refractivity contribution in [2.24, 2.45) is 0 Å². The molecule has 4 aromatic carbocycles. The van der Waals surface area contributed by atoms with Gasteiger partial charge in [0.25, 0.3) is 5.79 Å². The average molecular weight is 611 g/mol. The summed E-state index contributed by atoms with van der Waals surface area (Å²) < 4.78 is 35.2. The number of carbonyl (C=O) groups excluding carboxylic acids is 2. The highest BCUT2D eigenvalue weighted by Crippen LogP contribution is 2.46. The van der Waals surface area contributed by atoms with Crippen LogP contribution in [0.1, 0.15) is 27.0 Å². The molecular formula is C33H26N2O8S. The zero-order valence-corrected chi connectivity index (χ0v) is 24.5. The highest BCUT2D eigenvalue weighted by molar-refractivity contribution is 7.00. The molecule has 2 aliphatic heterocycles. The van der Waals surface area contributed by atoms with Crippen molar-refractivity contribution in [3.8, 4) is 23.0 Å². The molecule has 0 radical (unpaired) electrons. The molecule has 0 spiro atoms. The van der Waals surface area contributed by atoms with E-state index >= 15 is 0 Å². The van der Waals surface area contributed by atoms with Gasteiger partial charge in [-0.25, -0.2) is 4.79 Å². The van der Waals surface area contributed by atoms with Crippen molar-refractivity contribution in [2.75, 3.05) is 21.0 Å². The van der Waals surface area contributed by atoms with Gasteiger partial charge >= 0.3 is 5.97 Å². The van der Waals surface area contributed by atoms with Gasteiger partial charge in [-0.3, -0.25) is 4.79 Å². The molecule has 1 unspecified atom stereocenters. The standard InChI is InChI=1S/C25H18N2O6S.C8H8O2/c1-30-17-6-2-14(3-7-17)10-18-23(15-4-9-21-22(11-15)32-13-31-21)24(28)33-25(18,29)16-5-8-19-20(12-16)27-34-26-19;1-10-8-4-2-7(6-9)3-5-8/h2-9,11-12,29H,10,13H2,1H3;2-6H,1H3. The lowest BCUT2D eigenvalue weighted by molar-refractivity contribution is -0.185. The fourth-order valence-corrected chi connectivity index (χ4v) is 5.47. The fraction of sp³-hybridized carbons (Fsp3) is 0.152. The van der Waals surface area contributed by atoms with E-state index in [0.29, 0.717) is 50.5 Å². The van der Waals surface area contributed by atoms with Gasteiger partial charge in [0.15, 0.2) is 11.5 Å². The van der Waals surface area contributed by atoms with Crippen LogP contribution in [0, 0.1) is 0 Å². The minimum absolute atomic E-state index is 0.118. The number of cyclic esters (lactones) is 1. The Bertz CT molecular complexity index is 1870. The second-order valence-electron chi connectivity index (χ2n) is 9.84. The molecule has 0 saturated heterocycles. The van der Waals surface area contributed by atoms with Crippen molar-refractivity contribution < 1.29 is 38.4 Å². The quantitative estimate of drug-likeness (QED) is 0.191. The highest BCUT2D eigenvalue weighted by atomic mass is 32.1. The van der Waals surface area contributed by atoms with E-state index in [4.69, 9.17) is 23.7 Å². The fourth-order valence-electron chi connectivity index (χ4n) is 4.95. The Morgan fingerprint density at radius 3 is 2.25 bits per heavy atom. The molecule has 2 aliphatic rings. The molecule has 0 aliphatic carbocycles. The number of aromatic nitrogens is 2. The number of rotatable bonds is 7. The number of ether oxygens (including phenoxy) is 5.